The zero-order valence-electron chi connectivity index (χ0n) is 10.9. The highest BCUT2D eigenvalue weighted by Gasteiger charge is 2.22. The first kappa shape index (κ1) is 13.4. The number of thioether (sulfide) groups is 1. The zero-order chi connectivity index (χ0) is 13.0. The minimum Gasteiger partial charge on any atom is -0.365 e. The third-order valence-corrected chi connectivity index (χ3v) is 4.33. The lowest BCUT2D eigenvalue weighted by atomic mass is 9.97. The summed E-state index contributed by atoms with van der Waals surface area (Å²) in [5, 5.41) is 4.38. The molecule has 0 saturated heterocycles. The van der Waals surface area contributed by atoms with Gasteiger partial charge in [0.15, 0.2) is 5.17 Å². The SMILES string of the molecule is CC1(C)CN=C(NCCc2ccc(F)cc2)SC1. The molecule has 0 saturated carbocycles. The minimum atomic E-state index is -0.179. The van der Waals surface area contributed by atoms with E-state index in [2.05, 4.69) is 24.2 Å². The maximum atomic E-state index is 12.7. The van der Waals surface area contributed by atoms with Crippen LogP contribution in [0, 0.1) is 11.2 Å². The van der Waals surface area contributed by atoms with Gasteiger partial charge < -0.3 is 5.32 Å². The Kier molecular flexibility index (Phi) is 4.27. The number of benzene rings is 1. The van der Waals surface area contributed by atoms with Gasteiger partial charge in [0.05, 0.1) is 0 Å². The smallest absolute Gasteiger partial charge is 0.156 e. The van der Waals surface area contributed by atoms with Crippen molar-refractivity contribution in [2.24, 2.45) is 10.4 Å². The molecule has 0 bridgehead atoms. The van der Waals surface area contributed by atoms with Gasteiger partial charge in [0, 0.05) is 18.8 Å². The molecule has 0 atom stereocenters. The Morgan fingerprint density at radius 2 is 2.06 bits per heavy atom. The van der Waals surface area contributed by atoms with Crippen LogP contribution in [0.2, 0.25) is 0 Å². The summed E-state index contributed by atoms with van der Waals surface area (Å²) < 4.78 is 12.7. The van der Waals surface area contributed by atoms with Gasteiger partial charge in [-0.1, -0.05) is 37.7 Å². The van der Waals surface area contributed by atoms with Gasteiger partial charge in [-0.3, -0.25) is 4.99 Å². The van der Waals surface area contributed by atoms with Crippen LogP contribution in [0.5, 0.6) is 0 Å². The van der Waals surface area contributed by atoms with E-state index in [1.165, 1.54) is 12.1 Å². The number of aliphatic imine (C=N–C) groups is 1. The van der Waals surface area contributed by atoms with Gasteiger partial charge in [-0.2, -0.15) is 0 Å². The molecule has 4 heteroatoms. The molecule has 0 radical (unpaired) electrons. The Bertz CT molecular complexity index is 426. The summed E-state index contributed by atoms with van der Waals surface area (Å²) in [5.74, 6) is 0.927. The third kappa shape index (κ3) is 4.02. The lowest BCUT2D eigenvalue weighted by Crippen LogP contribution is -2.32. The number of nitrogens with one attached hydrogen (secondary N) is 1. The molecular weight excluding hydrogens is 247 g/mol. The lowest BCUT2D eigenvalue weighted by molar-refractivity contribution is 0.437. The fourth-order valence-corrected chi connectivity index (χ4v) is 2.69. The second kappa shape index (κ2) is 5.74. The molecule has 1 aromatic rings. The molecule has 2 nitrogen and oxygen atoms in total. The van der Waals surface area contributed by atoms with E-state index in [9.17, 15) is 4.39 Å². The monoisotopic (exact) mass is 266 g/mol. The summed E-state index contributed by atoms with van der Waals surface area (Å²) in [6.45, 7) is 6.20. The molecule has 0 fully saturated rings. The van der Waals surface area contributed by atoms with Crippen molar-refractivity contribution in [3.05, 3.63) is 35.6 Å². The molecule has 0 aromatic heterocycles. The molecule has 0 spiro atoms. The highest BCUT2D eigenvalue weighted by Crippen LogP contribution is 2.26. The number of halogens is 1. The van der Waals surface area contributed by atoms with Crippen molar-refractivity contribution in [1.82, 2.24) is 5.32 Å². The summed E-state index contributed by atoms with van der Waals surface area (Å²) in [7, 11) is 0. The van der Waals surface area contributed by atoms with Crippen LogP contribution in [0.1, 0.15) is 19.4 Å². The van der Waals surface area contributed by atoms with Gasteiger partial charge in [-0.15, -0.1) is 0 Å². The second-order valence-electron chi connectivity index (χ2n) is 5.38. The van der Waals surface area contributed by atoms with Crippen LogP contribution in [0.4, 0.5) is 4.39 Å². The standard InChI is InChI=1S/C14H19FN2S/c1-14(2)9-17-13(18-10-14)16-8-7-11-3-5-12(15)6-4-11/h3-6H,7-10H2,1-2H3,(H,16,17). The molecular formula is C14H19FN2S. The van der Waals surface area contributed by atoms with E-state index < -0.39 is 0 Å². The number of amidine groups is 1. The summed E-state index contributed by atoms with van der Waals surface area (Å²) >= 11 is 1.79. The van der Waals surface area contributed by atoms with Crippen molar-refractivity contribution < 1.29 is 4.39 Å². The number of hydrogen-bond acceptors (Lipinski definition) is 3. The van der Waals surface area contributed by atoms with E-state index in [1.54, 1.807) is 11.8 Å². The largest absolute Gasteiger partial charge is 0.365 e. The predicted octanol–water partition coefficient (Wildman–Crippen LogP) is 3.09. The summed E-state index contributed by atoms with van der Waals surface area (Å²) in [4.78, 5) is 4.54. The van der Waals surface area contributed by atoms with Crippen molar-refractivity contribution in [2.45, 2.75) is 20.3 Å². The van der Waals surface area contributed by atoms with Gasteiger partial charge in [-0.25, -0.2) is 4.39 Å². The van der Waals surface area contributed by atoms with Crippen molar-refractivity contribution in [2.75, 3.05) is 18.8 Å². The van der Waals surface area contributed by atoms with Gasteiger partial charge in [-0.05, 0) is 29.5 Å². The average molecular weight is 266 g/mol. The maximum Gasteiger partial charge on any atom is 0.156 e. The minimum absolute atomic E-state index is 0.179. The molecule has 0 amide bonds. The maximum absolute atomic E-state index is 12.7. The van der Waals surface area contributed by atoms with E-state index in [1.807, 2.05) is 12.1 Å². The molecule has 1 aliphatic heterocycles. The lowest BCUT2D eigenvalue weighted by Gasteiger charge is -2.27. The van der Waals surface area contributed by atoms with Gasteiger partial charge >= 0.3 is 0 Å². The van der Waals surface area contributed by atoms with E-state index in [-0.39, 0.29) is 5.82 Å². The van der Waals surface area contributed by atoms with Crippen LogP contribution >= 0.6 is 11.8 Å². The molecule has 98 valence electrons. The first-order valence-corrected chi connectivity index (χ1v) is 7.19. The normalized spacial score (nSPS) is 18.3. The van der Waals surface area contributed by atoms with Crippen LogP contribution in [-0.2, 0) is 6.42 Å². The molecule has 1 aromatic carbocycles. The van der Waals surface area contributed by atoms with E-state index in [0.29, 0.717) is 5.41 Å². The fraction of sp³-hybridized carbons (Fsp3) is 0.500. The summed E-state index contributed by atoms with van der Waals surface area (Å²) in [6, 6.07) is 6.67. The molecule has 1 heterocycles. The van der Waals surface area contributed by atoms with Crippen LogP contribution < -0.4 is 5.32 Å². The number of nitrogens with zero attached hydrogens (tertiary/aromatic N) is 1. The summed E-state index contributed by atoms with van der Waals surface area (Å²) in [6.07, 6.45) is 0.892. The molecule has 1 aliphatic rings. The molecule has 0 aliphatic carbocycles. The Morgan fingerprint density at radius 1 is 1.33 bits per heavy atom. The van der Waals surface area contributed by atoms with Crippen LogP contribution in [0.25, 0.3) is 0 Å². The molecule has 2 rings (SSSR count). The number of hydrogen-bond donors (Lipinski definition) is 1. The van der Waals surface area contributed by atoms with Crippen molar-refractivity contribution in [1.29, 1.82) is 0 Å². The molecule has 0 unspecified atom stereocenters. The first-order chi connectivity index (χ1) is 8.55. The molecule has 18 heavy (non-hydrogen) atoms. The van der Waals surface area contributed by atoms with Gasteiger partial charge in [0.1, 0.15) is 5.82 Å². The van der Waals surface area contributed by atoms with Crippen LogP contribution in [0.15, 0.2) is 29.3 Å². The topological polar surface area (TPSA) is 24.4 Å². The highest BCUT2D eigenvalue weighted by molar-refractivity contribution is 8.13. The quantitative estimate of drug-likeness (QED) is 0.909. The average Bonchev–Trinajstić information content (AvgIpc) is 2.34. The van der Waals surface area contributed by atoms with Crippen molar-refractivity contribution in [3.63, 3.8) is 0 Å². The van der Waals surface area contributed by atoms with E-state index >= 15 is 0 Å². The Balaban J connectivity index is 1.76. The van der Waals surface area contributed by atoms with Crippen LogP contribution in [0.3, 0.4) is 0 Å². The fourth-order valence-electron chi connectivity index (χ4n) is 1.71. The van der Waals surface area contributed by atoms with E-state index in [4.69, 9.17) is 0 Å². The first-order valence-electron chi connectivity index (χ1n) is 6.21. The highest BCUT2D eigenvalue weighted by atomic mass is 32.2. The van der Waals surface area contributed by atoms with E-state index in [0.717, 1.165) is 36.0 Å². The van der Waals surface area contributed by atoms with Gasteiger partial charge in [0.25, 0.3) is 0 Å². The zero-order valence-corrected chi connectivity index (χ0v) is 11.7. The van der Waals surface area contributed by atoms with Gasteiger partial charge in [0.2, 0.25) is 0 Å². The van der Waals surface area contributed by atoms with Crippen molar-refractivity contribution in [3.8, 4) is 0 Å². The van der Waals surface area contributed by atoms with Crippen LogP contribution in [-0.4, -0.2) is 24.0 Å². The third-order valence-electron chi connectivity index (χ3n) is 2.85. The summed E-state index contributed by atoms with van der Waals surface area (Å²) in [5.41, 5.74) is 1.46. The Morgan fingerprint density at radius 3 is 2.67 bits per heavy atom. The Hall–Kier alpha value is -1.03. The number of rotatable bonds is 3. The Labute approximate surface area is 112 Å². The van der Waals surface area contributed by atoms with Crippen molar-refractivity contribution >= 4 is 16.9 Å². The predicted molar refractivity (Wildman–Crippen MR) is 76.6 cm³/mol. The second-order valence-corrected chi connectivity index (χ2v) is 6.34. The molecule has 1 N–H and O–H groups in total.